The predicted molar refractivity (Wildman–Crippen MR) is 74.5 cm³/mol. The molecule has 2 aromatic carbocycles. The smallest absolute Gasteiger partial charge is 0.126 e. The Balaban J connectivity index is 2.07. The Bertz CT molecular complexity index is 566. The lowest BCUT2D eigenvalue weighted by Gasteiger charge is -2.18. The highest BCUT2D eigenvalue weighted by molar-refractivity contribution is 5.33. The van der Waals surface area contributed by atoms with Crippen molar-refractivity contribution in [2.24, 2.45) is 0 Å². The van der Waals surface area contributed by atoms with E-state index in [0.29, 0.717) is 18.7 Å². The van der Waals surface area contributed by atoms with E-state index >= 15 is 0 Å². The van der Waals surface area contributed by atoms with Crippen LogP contribution in [0.4, 0.5) is 8.78 Å². The van der Waals surface area contributed by atoms with Gasteiger partial charge in [-0.3, -0.25) is 4.90 Å². The number of ether oxygens (including phenoxy) is 1. The number of hydrogen-bond acceptors (Lipinski definition) is 2. The Morgan fingerprint density at radius 1 is 1.00 bits per heavy atom. The minimum absolute atomic E-state index is 0.465. The van der Waals surface area contributed by atoms with E-state index in [1.807, 2.05) is 36.2 Å². The molecule has 0 aliphatic carbocycles. The molecular formula is C16H17F2NO. The predicted octanol–water partition coefficient (Wildman–Crippen LogP) is 3.61. The van der Waals surface area contributed by atoms with E-state index < -0.39 is 11.6 Å². The lowest BCUT2D eigenvalue weighted by atomic mass is 10.1. The Morgan fingerprint density at radius 2 is 1.65 bits per heavy atom. The normalized spacial score (nSPS) is 10.8. The van der Waals surface area contributed by atoms with Crippen molar-refractivity contribution in [1.82, 2.24) is 4.90 Å². The minimum Gasteiger partial charge on any atom is -0.496 e. The molecule has 0 atom stereocenters. The number of para-hydroxylation sites is 1. The SMILES string of the molecule is COc1ccccc1CN(C)Cc1cc(F)cc(F)c1. The molecule has 0 bridgehead atoms. The number of hydrogen-bond donors (Lipinski definition) is 0. The van der Waals surface area contributed by atoms with Crippen LogP contribution >= 0.6 is 0 Å². The summed E-state index contributed by atoms with van der Waals surface area (Å²) in [6.45, 7) is 1.11. The Hall–Kier alpha value is -1.94. The molecule has 20 heavy (non-hydrogen) atoms. The molecule has 0 amide bonds. The molecule has 0 N–H and O–H groups in total. The average molecular weight is 277 g/mol. The summed E-state index contributed by atoms with van der Waals surface area (Å²) in [5, 5.41) is 0. The minimum atomic E-state index is -0.550. The van der Waals surface area contributed by atoms with Crippen LogP contribution in [0.15, 0.2) is 42.5 Å². The molecule has 0 unspecified atom stereocenters. The Labute approximate surface area is 117 Å². The van der Waals surface area contributed by atoms with Crippen LogP contribution in [0.5, 0.6) is 5.75 Å². The van der Waals surface area contributed by atoms with Crippen LogP contribution < -0.4 is 4.74 Å². The number of halogens is 2. The molecule has 0 radical (unpaired) electrons. The molecular weight excluding hydrogens is 260 g/mol. The quantitative estimate of drug-likeness (QED) is 0.828. The molecule has 4 heteroatoms. The summed E-state index contributed by atoms with van der Waals surface area (Å²) in [5.41, 5.74) is 1.65. The highest BCUT2D eigenvalue weighted by atomic mass is 19.1. The summed E-state index contributed by atoms with van der Waals surface area (Å²) in [6, 6.07) is 11.3. The van der Waals surface area contributed by atoms with Crippen LogP contribution in [0.2, 0.25) is 0 Å². The van der Waals surface area contributed by atoms with E-state index in [2.05, 4.69) is 0 Å². The second kappa shape index (κ2) is 6.48. The summed E-state index contributed by atoms with van der Waals surface area (Å²) >= 11 is 0. The molecule has 0 spiro atoms. The summed E-state index contributed by atoms with van der Waals surface area (Å²) in [4.78, 5) is 1.98. The van der Waals surface area contributed by atoms with E-state index in [4.69, 9.17) is 4.74 Å². The van der Waals surface area contributed by atoms with Crippen molar-refractivity contribution in [1.29, 1.82) is 0 Å². The van der Waals surface area contributed by atoms with Gasteiger partial charge in [-0.15, -0.1) is 0 Å². The van der Waals surface area contributed by atoms with E-state index in [1.165, 1.54) is 12.1 Å². The maximum absolute atomic E-state index is 13.1. The summed E-state index contributed by atoms with van der Waals surface area (Å²) in [7, 11) is 3.52. The first-order valence-corrected chi connectivity index (χ1v) is 6.34. The molecule has 0 fully saturated rings. The van der Waals surface area contributed by atoms with Gasteiger partial charge in [0.05, 0.1) is 7.11 Å². The second-order valence-corrected chi connectivity index (χ2v) is 4.76. The van der Waals surface area contributed by atoms with Gasteiger partial charge >= 0.3 is 0 Å². The van der Waals surface area contributed by atoms with Crippen LogP contribution in [0.3, 0.4) is 0 Å². The number of benzene rings is 2. The fourth-order valence-corrected chi connectivity index (χ4v) is 2.19. The molecule has 2 rings (SSSR count). The molecule has 106 valence electrons. The lowest BCUT2D eigenvalue weighted by Crippen LogP contribution is -2.18. The van der Waals surface area contributed by atoms with Crippen molar-refractivity contribution in [2.75, 3.05) is 14.2 Å². The van der Waals surface area contributed by atoms with Crippen molar-refractivity contribution < 1.29 is 13.5 Å². The average Bonchev–Trinajstić information content (AvgIpc) is 2.37. The maximum Gasteiger partial charge on any atom is 0.126 e. The van der Waals surface area contributed by atoms with E-state index in [1.54, 1.807) is 7.11 Å². The van der Waals surface area contributed by atoms with E-state index in [-0.39, 0.29) is 0 Å². The molecule has 0 saturated carbocycles. The number of rotatable bonds is 5. The highest BCUT2D eigenvalue weighted by Crippen LogP contribution is 2.19. The first-order valence-electron chi connectivity index (χ1n) is 6.34. The van der Waals surface area contributed by atoms with E-state index in [9.17, 15) is 8.78 Å². The largest absolute Gasteiger partial charge is 0.496 e. The summed E-state index contributed by atoms with van der Waals surface area (Å²) in [5.74, 6) is -0.291. The maximum atomic E-state index is 13.1. The van der Waals surface area contributed by atoms with Crippen molar-refractivity contribution in [3.05, 3.63) is 65.2 Å². The molecule has 0 aromatic heterocycles. The third kappa shape index (κ3) is 3.78. The zero-order valence-electron chi connectivity index (χ0n) is 11.6. The summed E-state index contributed by atoms with van der Waals surface area (Å²) in [6.07, 6.45) is 0. The van der Waals surface area contributed by atoms with E-state index in [0.717, 1.165) is 17.4 Å². The van der Waals surface area contributed by atoms with Crippen molar-refractivity contribution in [3.63, 3.8) is 0 Å². The number of nitrogens with zero attached hydrogens (tertiary/aromatic N) is 1. The van der Waals surface area contributed by atoms with Crippen molar-refractivity contribution in [2.45, 2.75) is 13.1 Å². The van der Waals surface area contributed by atoms with Gasteiger partial charge in [-0.1, -0.05) is 18.2 Å². The molecule has 2 nitrogen and oxygen atoms in total. The first kappa shape index (κ1) is 14.5. The third-order valence-electron chi connectivity index (χ3n) is 3.01. The van der Waals surface area contributed by atoms with Gasteiger partial charge in [0.1, 0.15) is 17.4 Å². The van der Waals surface area contributed by atoms with Crippen molar-refractivity contribution in [3.8, 4) is 5.75 Å². The number of methoxy groups -OCH3 is 1. The zero-order chi connectivity index (χ0) is 14.5. The van der Waals surface area contributed by atoms with Gasteiger partial charge in [0, 0.05) is 24.7 Å². The second-order valence-electron chi connectivity index (χ2n) is 4.76. The van der Waals surface area contributed by atoms with Gasteiger partial charge in [0.2, 0.25) is 0 Å². The molecule has 0 heterocycles. The molecule has 0 aliphatic rings. The Kier molecular flexibility index (Phi) is 4.69. The molecule has 0 aliphatic heterocycles. The zero-order valence-corrected chi connectivity index (χ0v) is 11.6. The van der Waals surface area contributed by atoms with Crippen LogP contribution in [0, 0.1) is 11.6 Å². The van der Waals surface area contributed by atoms with Crippen LogP contribution in [-0.4, -0.2) is 19.1 Å². The molecule has 2 aromatic rings. The van der Waals surface area contributed by atoms with Gasteiger partial charge < -0.3 is 4.74 Å². The lowest BCUT2D eigenvalue weighted by molar-refractivity contribution is 0.309. The standard InChI is InChI=1S/C16H17F2NO/c1-19(10-12-7-14(17)9-15(18)8-12)11-13-5-3-4-6-16(13)20-2/h3-9H,10-11H2,1-2H3. The van der Waals surface area contributed by atoms with Crippen LogP contribution in [0.25, 0.3) is 0 Å². The van der Waals surface area contributed by atoms with Crippen molar-refractivity contribution >= 4 is 0 Å². The first-order chi connectivity index (χ1) is 9.58. The van der Waals surface area contributed by atoms with Gasteiger partial charge in [-0.2, -0.15) is 0 Å². The summed E-state index contributed by atoms with van der Waals surface area (Å²) < 4.78 is 31.6. The monoisotopic (exact) mass is 277 g/mol. The van der Waals surface area contributed by atoms with Gasteiger partial charge in [-0.25, -0.2) is 8.78 Å². The highest BCUT2D eigenvalue weighted by Gasteiger charge is 2.08. The fourth-order valence-electron chi connectivity index (χ4n) is 2.19. The van der Waals surface area contributed by atoms with Crippen LogP contribution in [-0.2, 0) is 13.1 Å². The topological polar surface area (TPSA) is 12.5 Å². The Morgan fingerprint density at radius 3 is 2.30 bits per heavy atom. The van der Waals surface area contributed by atoms with Gasteiger partial charge in [0.15, 0.2) is 0 Å². The fraction of sp³-hybridized carbons (Fsp3) is 0.250. The van der Waals surface area contributed by atoms with Gasteiger partial charge in [0.25, 0.3) is 0 Å². The van der Waals surface area contributed by atoms with Crippen LogP contribution in [0.1, 0.15) is 11.1 Å². The van der Waals surface area contributed by atoms with Gasteiger partial charge in [-0.05, 0) is 30.8 Å². The third-order valence-corrected chi connectivity index (χ3v) is 3.01. The molecule has 0 saturated heterocycles.